The molecule has 120 valence electrons. The summed E-state index contributed by atoms with van der Waals surface area (Å²) in [4.78, 5) is 25.4. The quantitative estimate of drug-likeness (QED) is 0.930. The Labute approximate surface area is 136 Å². The van der Waals surface area contributed by atoms with Crippen molar-refractivity contribution in [3.63, 3.8) is 0 Å². The maximum absolute atomic E-state index is 13.0. The highest BCUT2D eigenvalue weighted by Gasteiger charge is 2.43. The van der Waals surface area contributed by atoms with Gasteiger partial charge in [-0.25, -0.2) is 9.18 Å². The largest absolute Gasteiger partial charge is 0.480 e. The SMILES string of the molecule is O=C(O)C1CSC(c2ccco2)N1C(=O)Cc1ccc(F)cc1. The molecule has 3 rings (SSSR count). The fourth-order valence-electron chi connectivity index (χ4n) is 2.52. The molecular weight excluding hydrogens is 321 g/mol. The molecule has 2 heterocycles. The van der Waals surface area contributed by atoms with E-state index in [2.05, 4.69) is 0 Å². The minimum Gasteiger partial charge on any atom is -0.480 e. The maximum atomic E-state index is 13.0. The van der Waals surface area contributed by atoms with Crippen LogP contribution in [0.4, 0.5) is 4.39 Å². The van der Waals surface area contributed by atoms with Gasteiger partial charge in [0.05, 0.1) is 12.7 Å². The zero-order valence-corrected chi connectivity index (χ0v) is 12.8. The summed E-state index contributed by atoms with van der Waals surface area (Å²) >= 11 is 1.36. The van der Waals surface area contributed by atoms with E-state index in [0.29, 0.717) is 17.1 Å². The number of rotatable bonds is 4. The van der Waals surface area contributed by atoms with E-state index in [0.717, 1.165) is 0 Å². The molecule has 1 saturated heterocycles. The van der Waals surface area contributed by atoms with Crippen LogP contribution in [0.1, 0.15) is 16.7 Å². The molecule has 1 N–H and O–H groups in total. The number of nitrogens with zero attached hydrogens (tertiary/aromatic N) is 1. The number of carbonyl (C=O) groups excluding carboxylic acids is 1. The summed E-state index contributed by atoms with van der Waals surface area (Å²) in [5.74, 6) is -0.897. The predicted molar refractivity (Wildman–Crippen MR) is 82.3 cm³/mol. The molecule has 2 aromatic rings. The first-order valence-corrected chi connectivity index (χ1v) is 8.04. The third kappa shape index (κ3) is 3.24. The van der Waals surface area contributed by atoms with Crippen molar-refractivity contribution in [2.45, 2.75) is 17.8 Å². The van der Waals surface area contributed by atoms with E-state index >= 15 is 0 Å². The first-order valence-electron chi connectivity index (χ1n) is 6.99. The Morgan fingerprint density at radius 2 is 2.04 bits per heavy atom. The number of benzene rings is 1. The number of carboxylic acid groups (broad SMARTS) is 1. The molecule has 2 unspecified atom stereocenters. The summed E-state index contributed by atoms with van der Waals surface area (Å²) in [6.45, 7) is 0. The molecule has 0 bridgehead atoms. The van der Waals surface area contributed by atoms with Gasteiger partial charge in [0.1, 0.15) is 23.0 Å². The highest BCUT2D eigenvalue weighted by atomic mass is 32.2. The van der Waals surface area contributed by atoms with Crippen LogP contribution in [0, 0.1) is 5.82 Å². The predicted octanol–water partition coefficient (Wildman–Crippen LogP) is 2.69. The lowest BCUT2D eigenvalue weighted by Gasteiger charge is -2.26. The Kier molecular flexibility index (Phi) is 4.38. The van der Waals surface area contributed by atoms with E-state index in [4.69, 9.17) is 4.42 Å². The molecule has 2 atom stereocenters. The Morgan fingerprint density at radius 3 is 2.65 bits per heavy atom. The second-order valence-corrected chi connectivity index (χ2v) is 6.27. The smallest absolute Gasteiger partial charge is 0.327 e. The Morgan fingerprint density at radius 1 is 1.30 bits per heavy atom. The fourth-order valence-corrected chi connectivity index (χ4v) is 3.91. The average Bonchev–Trinajstić information content (AvgIpc) is 3.17. The van der Waals surface area contributed by atoms with Crippen molar-refractivity contribution in [3.8, 4) is 0 Å². The molecule has 1 aliphatic heterocycles. The van der Waals surface area contributed by atoms with E-state index < -0.39 is 17.4 Å². The second kappa shape index (κ2) is 6.45. The van der Waals surface area contributed by atoms with Crippen molar-refractivity contribution in [2.24, 2.45) is 0 Å². The number of aliphatic carboxylic acids is 1. The first-order chi connectivity index (χ1) is 11.1. The number of furan rings is 1. The van der Waals surface area contributed by atoms with Crippen molar-refractivity contribution in [2.75, 3.05) is 5.75 Å². The van der Waals surface area contributed by atoms with E-state index in [1.807, 2.05) is 0 Å². The van der Waals surface area contributed by atoms with Gasteiger partial charge in [-0.15, -0.1) is 11.8 Å². The van der Waals surface area contributed by atoms with E-state index in [1.165, 1.54) is 47.2 Å². The van der Waals surface area contributed by atoms with Crippen LogP contribution in [0.2, 0.25) is 0 Å². The van der Waals surface area contributed by atoms with Crippen LogP contribution >= 0.6 is 11.8 Å². The number of hydrogen-bond donors (Lipinski definition) is 1. The summed E-state index contributed by atoms with van der Waals surface area (Å²) in [5.41, 5.74) is 0.635. The van der Waals surface area contributed by atoms with E-state index in [9.17, 15) is 19.1 Å². The van der Waals surface area contributed by atoms with Gasteiger partial charge in [0.2, 0.25) is 5.91 Å². The van der Waals surface area contributed by atoms with Gasteiger partial charge in [0, 0.05) is 5.75 Å². The van der Waals surface area contributed by atoms with Crippen LogP contribution < -0.4 is 0 Å². The van der Waals surface area contributed by atoms with Gasteiger partial charge in [0.25, 0.3) is 0 Å². The third-order valence-electron chi connectivity index (χ3n) is 3.63. The topological polar surface area (TPSA) is 70.8 Å². The normalized spacial score (nSPS) is 20.7. The van der Waals surface area contributed by atoms with Crippen LogP contribution in [0.25, 0.3) is 0 Å². The molecular formula is C16H14FNO4S. The standard InChI is InChI=1S/C16H14FNO4S/c17-11-5-3-10(4-6-11)8-14(19)18-12(16(20)21)9-23-15(18)13-2-1-7-22-13/h1-7,12,15H,8-9H2,(H,20,21). The summed E-state index contributed by atoms with van der Waals surface area (Å²) in [6.07, 6.45) is 1.51. The lowest BCUT2D eigenvalue weighted by Crippen LogP contribution is -2.43. The molecule has 1 aromatic heterocycles. The molecule has 1 fully saturated rings. The fraction of sp³-hybridized carbons (Fsp3) is 0.250. The number of halogens is 1. The Hall–Kier alpha value is -2.28. The van der Waals surface area contributed by atoms with Gasteiger partial charge < -0.3 is 14.4 Å². The van der Waals surface area contributed by atoms with Gasteiger partial charge in [0.15, 0.2) is 0 Å². The molecule has 5 nitrogen and oxygen atoms in total. The van der Waals surface area contributed by atoms with Crippen LogP contribution in [0.15, 0.2) is 47.1 Å². The average molecular weight is 335 g/mol. The van der Waals surface area contributed by atoms with Crippen molar-refractivity contribution < 1.29 is 23.5 Å². The third-order valence-corrected chi connectivity index (χ3v) is 4.91. The molecule has 0 spiro atoms. The monoisotopic (exact) mass is 335 g/mol. The van der Waals surface area contributed by atoms with E-state index in [-0.39, 0.29) is 18.1 Å². The molecule has 1 aromatic carbocycles. The number of thioether (sulfide) groups is 1. The maximum Gasteiger partial charge on any atom is 0.327 e. The Balaban J connectivity index is 1.83. The molecule has 7 heteroatoms. The van der Waals surface area contributed by atoms with Gasteiger partial charge in [-0.3, -0.25) is 4.79 Å². The summed E-state index contributed by atoms with van der Waals surface area (Å²) in [7, 11) is 0. The molecule has 0 radical (unpaired) electrons. The highest BCUT2D eigenvalue weighted by molar-refractivity contribution is 7.99. The van der Waals surface area contributed by atoms with E-state index in [1.54, 1.807) is 12.1 Å². The van der Waals surface area contributed by atoms with Crippen LogP contribution in [0.3, 0.4) is 0 Å². The highest BCUT2D eigenvalue weighted by Crippen LogP contribution is 2.41. The second-order valence-electron chi connectivity index (χ2n) is 5.16. The number of amides is 1. The van der Waals surface area contributed by atoms with Crippen LogP contribution in [-0.4, -0.2) is 33.7 Å². The molecule has 23 heavy (non-hydrogen) atoms. The summed E-state index contributed by atoms with van der Waals surface area (Å²) < 4.78 is 18.3. The number of carbonyl (C=O) groups is 2. The number of carboxylic acids is 1. The summed E-state index contributed by atoms with van der Waals surface area (Å²) in [6, 6.07) is 8.12. The van der Waals surface area contributed by atoms with Gasteiger partial charge in [-0.05, 0) is 29.8 Å². The zero-order valence-electron chi connectivity index (χ0n) is 12.0. The molecule has 0 aliphatic carbocycles. The van der Waals surface area contributed by atoms with Crippen molar-refractivity contribution in [1.29, 1.82) is 0 Å². The number of hydrogen-bond acceptors (Lipinski definition) is 4. The van der Waals surface area contributed by atoms with Gasteiger partial charge in [-0.1, -0.05) is 12.1 Å². The van der Waals surface area contributed by atoms with Crippen molar-refractivity contribution in [1.82, 2.24) is 4.90 Å². The summed E-state index contributed by atoms with van der Waals surface area (Å²) in [5, 5.41) is 8.90. The Bertz CT molecular complexity index is 701. The molecule has 1 amide bonds. The van der Waals surface area contributed by atoms with Crippen molar-refractivity contribution in [3.05, 3.63) is 59.8 Å². The van der Waals surface area contributed by atoms with Crippen LogP contribution in [0.5, 0.6) is 0 Å². The molecule has 0 saturated carbocycles. The zero-order chi connectivity index (χ0) is 16.4. The van der Waals surface area contributed by atoms with Gasteiger partial charge >= 0.3 is 5.97 Å². The van der Waals surface area contributed by atoms with Gasteiger partial charge in [-0.2, -0.15) is 0 Å². The lowest BCUT2D eigenvalue weighted by atomic mass is 10.1. The minimum atomic E-state index is -1.04. The van der Waals surface area contributed by atoms with Crippen LogP contribution in [-0.2, 0) is 16.0 Å². The lowest BCUT2D eigenvalue weighted by molar-refractivity contribution is -0.149. The first kappa shape index (κ1) is 15.6. The van der Waals surface area contributed by atoms with Crippen molar-refractivity contribution >= 4 is 23.6 Å². The molecule has 1 aliphatic rings. The minimum absolute atomic E-state index is 0.0157.